The van der Waals surface area contributed by atoms with Crippen molar-refractivity contribution in [3.05, 3.63) is 46.5 Å². The highest BCUT2D eigenvalue weighted by Crippen LogP contribution is 2.33. The van der Waals surface area contributed by atoms with Gasteiger partial charge in [0.15, 0.2) is 0 Å². The molecule has 0 amide bonds. The molecule has 2 heterocycles. The van der Waals surface area contributed by atoms with E-state index in [2.05, 4.69) is 23.1 Å². The van der Waals surface area contributed by atoms with Crippen LogP contribution < -0.4 is 0 Å². The predicted octanol–water partition coefficient (Wildman–Crippen LogP) is 5.21. The summed E-state index contributed by atoms with van der Waals surface area (Å²) < 4.78 is 7.31. The van der Waals surface area contributed by atoms with Crippen molar-refractivity contribution in [2.45, 2.75) is 49.6 Å². The summed E-state index contributed by atoms with van der Waals surface area (Å²) in [5.74, 6) is -0.331. The smallest absolute Gasteiger partial charge is 0.338 e. The predicted molar refractivity (Wildman–Crippen MR) is 109 cm³/mol. The van der Waals surface area contributed by atoms with E-state index in [0.717, 1.165) is 32.5 Å². The topological polar surface area (TPSA) is 57.0 Å². The maximum absolute atomic E-state index is 12.6. The molecule has 0 aliphatic heterocycles. The van der Waals surface area contributed by atoms with Crippen LogP contribution in [0.25, 0.3) is 11.1 Å². The van der Waals surface area contributed by atoms with Gasteiger partial charge in [-0.15, -0.1) is 11.3 Å². The van der Waals surface area contributed by atoms with E-state index in [4.69, 9.17) is 4.74 Å². The number of carbonyl (C=O) groups is 1. The van der Waals surface area contributed by atoms with Crippen molar-refractivity contribution >= 4 is 29.1 Å². The molecule has 0 fully saturated rings. The highest BCUT2D eigenvalue weighted by atomic mass is 32.2. The van der Waals surface area contributed by atoms with Crippen LogP contribution in [-0.4, -0.2) is 26.3 Å². The molecule has 0 radical (unpaired) electrons. The summed E-state index contributed by atoms with van der Waals surface area (Å²) in [4.78, 5) is 18.2. The second-order valence-corrected chi connectivity index (χ2v) is 9.22. The molecule has 5 nitrogen and oxygen atoms in total. The monoisotopic (exact) mass is 401 g/mol. The Kier molecular flexibility index (Phi) is 5.72. The summed E-state index contributed by atoms with van der Waals surface area (Å²) in [6.07, 6.45) is 4.64. The van der Waals surface area contributed by atoms with Crippen molar-refractivity contribution in [1.29, 1.82) is 0 Å². The molecule has 0 aliphatic rings. The molecule has 0 bridgehead atoms. The van der Waals surface area contributed by atoms with Crippen LogP contribution in [0, 0.1) is 0 Å². The molecule has 0 aliphatic carbocycles. The Morgan fingerprint density at radius 1 is 1.26 bits per heavy atom. The molecule has 142 valence electrons. The van der Waals surface area contributed by atoms with E-state index in [-0.39, 0.29) is 5.97 Å². The molecular formula is C20H23N3O2S2. The minimum absolute atomic E-state index is 0.331. The molecule has 2 aromatic heterocycles. The van der Waals surface area contributed by atoms with Crippen molar-refractivity contribution in [1.82, 2.24) is 14.8 Å². The minimum atomic E-state index is -0.542. The van der Waals surface area contributed by atoms with E-state index in [9.17, 15) is 4.79 Å². The first-order valence-corrected chi connectivity index (χ1v) is 10.4. The van der Waals surface area contributed by atoms with Gasteiger partial charge in [0.2, 0.25) is 0 Å². The van der Waals surface area contributed by atoms with Gasteiger partial charge in [0.05, 0.1) is 16.8 Å². The standard InChI is InChI=1S/C20H23N3O2S2/c1-6-17-22-18(12-26-17)27-16-8-13(15-10-21-23(5)11-15)7-14(9-16)19(24)25-20(2,3)4/h7-12H,6H2,1-5H3. The average Bonchev–Trinajstić information content (AvgIpc) is 3.22. The Labute approximate surface area is 167 Å². The van der Waals surface area contributed by atoms with E-state index < -0.39 is 5.60 Å². The van der Waals surface area contributed by atoms with Crippen LogP contribution in [0.5, 0.6) is 0 Å². The lowest BCUT2D eigenvalue weighted by molar-refractivity contribution is 0.00693. The van der Waals surface area contributed by atoms with Crippen molar-refractivity contribution in [3.63, 3.8) is 0 Å². The van der Waals surface area contributed by atoms with Crippen LogP contribution in [0.4, 0.5) is 0 Å². The Morgan fingerprint density at radius 3 is 2.63 bits per heavy atom. The summed E-state index contributed by atoms with van der Waals surface area (Å²) in [5, 5.41) is 8.33. The third-order valence-corrected chi connectivity index (χ3v) is 5.67. The number of hydrogen-bond donors (Lipinski definition) is 0. The third-order valence-electron chi connectivity index (χ3n) is 3.63. The molecular weight excluding hydrogens is 378 g/mol. The molecule has 0 saturated carbocycles. The van der Waals surface area contributed by atoms with Crippen molar-refractivity contribution < 1.29 is 9.53 Å². The molecule has 0 unspecified atom stereocenters. The molecule has 27 heavy (non-hydrogen) atoms. The fourth-order valence-electron chi connectivity index (χ4n) is 2.47. The SMILES string of the molecule is CCc1nc(Sc2cc(C(=O)OC(C)(C)C)cc(-c3cnn(C)c3)c2)cs1. The highest BCUT2D eigenvalue weighted by molar-refractivity contribution is 7.99. The molecule has 0 N–H and O–H groups in total. The molecule has 7 heteroatoms. The number of aryl methyl sites for hydroxylation is 2. The van der Waals surface area contributed by atoms with E-state index in [1.807, 2.05) is 51.5 Å². The van der Waals surface area contributed by atoms with Crippen LogP contribution in [0.1, 0.15) is 43.1 Å². The second kappa shape index (κ2) is 7.86. The van der Waals surface area contributed by atoms with Gasteiger partial charge in [0.1, 0.15) is 10.6 Å². The minimum Gasteiger partial charge on any atom is -0.456 e. The van der Waals surface area contributed by atoms with Gasteiger partial charge >= 0.3 is 5.97 Å². The number of benzene rings is 1. The highest BCUT2D eigenvalue weighted by Gasteiger charge is 2.20. The fraction of sp³-hybridized carbons (Fsp3) is 0.350. The van der Waals surface area contributed by atoms with Gasteiger partial charge in [-0.2, -0.15) is 5.10 Å². The Balaban J connectivity index is 1.98. The van der Waals surface area contributed by atoms with Crippen LogP contribution in [0.15, 0.2) is 45.9 Å². The average molecular weight is 402 g/mol. The summed E-state index contributed by atoms with van der Waals surface area (Å²) in [5.41, 5.74) is 1.87. The third kappa shape index (κ3) is 5.20. The lowest BCUT2D eigenvalue weighted by atomic mass is 10.1. The molecule has 0 spiro atoms. The zero-order valence-corrected chi connectivity index (χ0v) is 17.8. The first-order chi connectivity index (χ1) is 12.7. The first-order valence-electron chi connectivity index (χ1n) is 8.73. The summed E-state index contributed by atoms with van der Waals surface area (Å²) >= 11 is 3.21. The van der Waals surface area contributed by atoms with Crippen molar-refractivity contribution in [3.8, 4) is 11.1 Å². The number of esters is 1. The number of aromatic nitrogens is 3. The number of rotatable bonds is 5. The number of ether oxygens (including phenoxy) is 1. The lowest BCUT2D eigenvalue weighted by Crippen LogP contribution is -2.23. The van der Waals surface area contributed by atoms with Gasteiger partial charge in [0, 0.05) is 29.1 Å². The maximum atomic E-state index is 12.6. The van der Waals surface area contributed by atoms with Gasteiger partial charge in [-0.05, 0) is 51.0 Å². The number of thiazole rings is 1. The van der Waals surface area contributed by atoms with E-state index >= 15 is 0 Å². The summed E-state index contributed by atoms with van der Waals surface area (Å²) in [6.45, 7) is 7.70. The van der Waals surface area contributed by atoms with E-state index in [1.54, 1.807) is 34.0 Å². The van der Waals surface area contributed by atoms with Crippen molar-refractivity contribution in [2.24, 2.45) is 7.05 Å². The first kappa shape index (κ1) is 19.6. The molecule has 3 rings (SSSR count). The zero-order chi connectivity index (χ0) is 19.6. The number of carbonyl (C=O) groups excluding carboxylic acids is 1. The van der Waals surface area contributed by atoms with Gasteiger partial charge in [-0.25, -0.2) is 9.78 Å². The summed E-state index contributed by atoms with van der Waals surface area (Å²) in [7, 11) is 1.87. The molecule has 1 aromatic carbocycles. The lowest BCUT2D eigenvalue weighted by Gasteiger charge is -2.20. The normalized spacial score (nSPS) is 11.6. The Hall–Kier alpha value is -2.12. The Morgan fingerprint density at radius 2 is 2.04 bits per heavy atom. The number of nitrogens with zero attached hydrogens (tertiary/aromatic N) is 3. The maximum Gasteiger partial charge on any atom is 0.338 e. The van der Waals surface area contributed by atoms with Crippen LogP contribution in [0.2, 0.25) is 0 Å². The van der Waals surface area contributed by atoms with Gasteiger partial charge in [-0.3, -0.25) is 4.68 Å². The summed E-state index contributed by atoms with van der Waals surface area (Å²) in [6, 6.07) is 5.78. The molecule has 3 aromatic rings. The van der Waals surface area contributed by atoms with E-state index in [1.165, 1.54) is 0 Å². The number of hydrogen-bond acceptors (Lipinski definition) is 6. The Bertz CT molecular complexity index is 954. The molecule has 0 saturated heterocycles. The van der Waals surface area contributed by atoms with Gasteiger partial charge in [-0.1, -0.05) is 18.7 Å². The van der Waals surface area contributed by atoms with Crippen LogP contribution >= 0.6 is 23.1 Å². The quantitative estimate of drug-likeness (QED) is 0.549. The largest absolute Gasteiger partial charge is 0.456 e. The fourth-order valence-corrected chi connectivity index (χ4v) is 4.24. The second-order valence-electron chi connectivity index (χ2n) is 7.19. The molecule has 0 atom stereocenters. The zero-order valence-electron chi connectivity index (χ0n) is 16.1. The van der Waals surface area contributed by atoms with Crippen LogP contribution in [0.3, 0.4) is 0 Å². The van der Waals surface area contributed by atoms with E-state index in [0.29, 0.717) is 5.56 Å². The van der Waals surface area contributed by atoms with Crippen LogP contribution in [-0.2, 0) is 18.2 Å². The van der Waals surface area contributed by atoms with Crippen molar-refractivity contribution in [2.75, 3.05) is 0 Å². The van der Waals surface area contributed by atoms with Gasteiger partial charge in [0.25, 0.3) is 0 Å². The van der Waals surface area contributed by atoms with Gasteiger partial charge < -0.3 is 4.74 Å².